The van der Waals surface area contributed by atoms with Gasteiger partial charge in [0.1, 0.15) is 22.3 Å². The molecule has 1 fully saturated rings. The van der Waals surface area contributed by atoms with Crippen LogP contribution in [0.4, 0.5) is 4.39 Å². The summed E-state index contributed by atoms with van der Waals surface area (Å²) in [6, 6.07) is 4.96. The van der Waals surface area contributed by atoms with Crippen LogP contribution in [0, 0.1) is 23.1 Å². The number of hydrogen-bond acceptors (Lipinski definition) is 4. The summed E-state index contributed by atoms with van der Waals surface area (Å²) >= 11 is 0. The van der Waals surface area contributed by atoms with Crippen molar-refractivity contribution in [3.8, 4) is 6.07 Å². The van der Waals surface area contributed by atoms with Crippen molar-refractivity contribution in [2.45, 2.75) is 30.7 Å². The molecule has 0 aliphatic carbocycles. The second-order valence-electron chi connectivity index (χ2n) is 5.27. The zero-order chi connectivity index (χ0) is 15.6. The molecule has 1 aromatic rings. The van der Waals surface area contributed by atoms with Gasteiger partial charge in [-0.25, -0.2) is 12.8 Å². The molecule has 1 N–H and O–H groups in total. The summed E-state index contributed by atoms with van der Waals surface area (Å²) in [6.07, 6.45) is 1.37. The largest absolute Gasteiger partial charge is 0.396 e. The van der Waals surface area contributed by atoms with E-state index in [9.17, 15) is 17.9 Å². The Morgan fingerprint density at radius 1 is 1.48 bits per heavy atom. The van der Waals surface area contributed by atoms with Gasteiger partial charge >= 0.3 is 0 Å². The fourth-order valence-electron chi connectivity index (χ4n) is 2.58. The van der Waals surface area contributed by atoms with Crippen LogP contribution in [0.1, 0.15) is 25.3 Å². The smallest absolute Gasteiger partial charge is 0.244 e. The number of piperidine rings is 1. The standard InChI is InChI=1S/C14H17FN2O3S/c1-10-5-6-11(9-18)8-17(10)21(19,20)14-4-2-3-13(15)12(14)7-16/h2-4,10-11,18H,5-6,8-9H2,1H3/t10-,11+/m1/s1. The summed E-state index contributed by atoms with van der Waals surface area (Å²) in [5.74, 6) is -0.975. The minimum Gasteiger partial charge on any atom is -0.396 e. The van der Waals surface area contributed by atoms with Gasteiger partial charge in [-0.2, -0.15) is 9.57 Å². The Morgan fingerprint density at radius 2 is 2.19 bits per heavy atom. The van der Waals surface area contributed by atoms with Gasteiger partial charge in [0.05, 0.1) is 0 Å². The van der Waals surface area contributed by atoms with Crippen LogP contribution in [0.25, 0.3) is 0 Å². The molecule has 0 saturated carbocycles. The first-order valence-corrected chi connectivity index (χ1v) is 8.17. The Labute approximate surface area is 123 Å². The molecule has 114 valence electrons. The summed E-state index contributed by atoms with van der Waals surface area (Å²) in [5.41, 5.74) is -0.462. The van der Waals surface area contributed by atoms with Gasteiger partial charge in [0.25, 0.3) is 0 Å². The highest BCUT2D eigenvalue weighted by Crippen LogP contribution is 2.29. The Kier molecular flexibility index (Phi) is 4.61. The van der Waals surface area contributed by atoms with Crippen molar-refractivity contribution in [1.29, 1.82) is 5.26 Å². The molecule has 0 amide bonds. The summed E-state index contributed by atoms with van der Waals surface area (Å²) in [6.45, 7) is 1.87. The quantitative estimate of drug-likeness (QED) is 0.916. The molecule has 0 bridgehead atoms. The van der Waals surface area contributed by atoms with Gasteiger partial charge in [0.15, 0.2) is 0 Å². The van der Waals surface area contributed by atoms with Crippen molar-refractivity contribution < 1.29 is 17.9 Å². The maximum atomic E-state index is 13.6. The lowest BCUT2D eigenvalue weighted by Crippen LogP contribution is -2.46. The topological polar surface area (TPSA) is 81.4 Å². The average Bonchev–Trinajstić information content (AvgIpc) is 2.47. The summed E-state index contributed by atoms with van der Waals surface area (Å²) < 4.78 is 40.3. The normalized spacial score (nSPS) is 23.7. The third-order valence-corrected chi connectivity index (χ3v) is 5.88. The fraction of sp³-hybridized carbons (Fsp3) is 0.500. The molecule has 0 unspecified atom stereocenters. The number of halogens is 1. The van der Waals surface area contributed by atoms with E-state index < -0.39 is 21.4 Å². The molecule has 21 heavy (non-hydrogen) atoms. The summed E-state index contributed by atoms with van der Waals surface area (Å²) in [4.78, 5) is -0.310. The fourth-order valence-corrected chi connectivity index (χ4v) is 4.48. The highest BCUT2D eigenvalue weighted by molar-refractivity contribution is 7.89. The minimum absolute atomic E-state index is 0.0903. The van der Waals surface area contributed by atoms with Crippen LogP contribution in [0.15, 0.2) is 23.1 Å². The third kappa shape index (κ3) is 2.93. The minimum atomic E-state index is -3.96. The van der Waals surface area contributed by atoms with Gasteiger partial charge in [0, 0.05) is 19.2 Å². The monoisotopic (exact) mass is 312 g/mol. The zero-order valence-corrected chi connectivity index (χ0v) is 12.5. The lowest BCUT2D eigenvalue weighted by Gasteiger charge is -2.36. The van der Waals surface area contributed by atoms with Crippen LogP contribution in [-0.4, -0.2) is 37.0 Å². The lowest BCUT2D eigenvalue weighted by molar-refractivity contribution is 0.139. The first-order chi connectivity index (χ1) is 9.91. The molecule has 1 aliphatic rings. The van der Waals surface area contributed by atoms with Gasteiger partial charge < -0.3 is 5.11 Å². The molecule has 1 saturated heterocycles. The first kappa shape index (κ1) is 15.9. The molecule has 0 aromatic heterocycles. The summed E-state index contributed by atoms with van der Waals surface area (Å²) in [5, 5.41) is 18.3. The average molecular weight is 312 g/mol. The molecule has 2 atom stereocenters. The second-order valence-corrected chi connectivity index (χ2v) is 7.13. The summed E-state index contributed by atoms with van der Waals surface area (Å²) in [7, 11) is -3.96. The van der Waals surface area contributed by atoms with Crippen LogP contribution in [-0.2, 0) is 10.0 Å². The van der Waals surface area contributed by atoms with Crippen molar-refractivity contribution >= 4 is 10.0 Å². The molecule has 2 rings (SSSR count). The number of nitriles is 1. The number of hydrogen-bond donors (Lipinski definition) is 1. The highest BCUT2D eigenvalue weighted by atomic mass is 32.2. The van der Waals surface area contributed by atoms with Gasteiger partial charge in [-0.05, 0) is 37.8 Å². The molecule has 1 heterocycles. The molecule has 1 aliphatic heterocycles. The molecule has 0 radical (unpaired) electrons. The van der Waals surface area contributed by atoms with Gasteiger partial charge in [0.2, 0.25) is 10.0 Å². The molecular weight excluding hydrogens is 295 g/mol. The van der Waals surface area contributed by atoms with E-state index in [1.807, 2.05) is 0 Å². The van der Waals surface area contributed by atoms with Crippen LogP contribution in [0.2, 0.25) is 0 Å². The van der Waals surface area contributed by atoms with Crippen molar-refractivity contribution in [1.82, 2.24) is 4.31 Å². The van der Waals surface area contributed by atoms with Crippen molar-refractivity contribution in [3.05, 3.63) is 29.6 Å². The Bertz CT molecular complexity index is 669. The van der Waals surface area contributed by atoms with Crippen LogP contribution in [0.3, 0.4) is 0 Å². The zero-order valence-electron chi connectivity index (χ0n) is 11.7. The van der Waals surface area contributed by atoms with Crippen LogP contribution < -0.4 is 0 Å². The number of benzene rings is 1. The predicted octanol–water partition coefficient (Wildman–Crippen LogP) is 1.48. The van der Waals surface area contributed by atoms with E-state index in [2.05, 4.69) is 0 Å². The van der Waals surface area contributed by atoms with Crippen molar-refractivity contribution in [3.63, 3.8) is 0 Å². The Morgan fingerprint density at radius 3 is 2.81 bits per heavy atom. The number of aliphatic hydroxyl groups excluding tert-OH is 1. The first-order valence-electron chi connectivity index (χ1n) is 6.73. The Balaban J connectivity index is 2.47. The van der Waals surface area contributed by atoms with E-state index in [1.165, 1.54) is 16.4 Å². The maximum Gasteiger partial charge on any atom is 0.244 e. The van der Waals surface area contributed by atoms with E-state index in [0.29, 0.717) is 6.42 Å². The van der Waals surface area contributed by atoms with E-state index in [0.717, 1.165) is 12.5 Å². The van der Waals surface area contributed by atoms with Crippen molar-refractivity contribution in [2.75, 3.05) is 13.2 Å². The van der Waals surface area contributed by atoms with Gasteiger partial charge in [-0.3, -0.25) is 0 Å². The van der Waals surface area contributed by atoms with E-state index in [4.69, 9.17) is 5.26 Å². The Hall–Kier alpha value is -1.49. The lowest BCUT2D eigenvalue weighted by atomic mass is 9.96. The van der Waals surface area contributed by atoms with Crippen LogP contribution in [0.5, 0.6) is 0 Å². The van der Waals surface area contributed by atoms with Gasteiger partial charge in [-0.15, -0.1) is 0 Å². The molecule has 7 heteroatoms. The third-order valence-electron chi connectivity index (χ3n) is 3.85. The SMILES string of the molecule is C[C@@H]1CC[C@H](CO)CN1S(=O)(=O)c1cccc(F)c1C#N. The van der Waals surface area contributed by atoms with Crippen molar-refractivity contribution in [2.24, 2.45) is 5.92 Å². The number of rotatable bonds is 3. The molecular formula is C14H17FN2O3S. The molecule has 5 nitrogen and oxygen atoms in total. The van der Waals surface area contributed by atoms with E-state index in [1.54, 1.807) is 13.0 Å². The maximum absolute atomic E-state index is 13.6. The molecule has 1 aromatic carbocycles. The van der Waals surface area contributed by atoms with Gasteiger partial charge in [-0.1, -0.05) is 6.07 Å². The van der Waals surface area contributed by atoms with E-state index in [-0.39, 0.29) is 30.0 Å². The van der Waals surface area contributed by atoms with Crippen LogP contribution >= 0.6 is 0 Å². The predicted molar refractivity (Wildman–Crippen MR) is 74.3 cm³/mol. The number of sulfonamides is 1. The second kappa shape index (κ2) is 6.10. The molecule has 0 spiro atoms. The highest BCUT2D eigenvalue weighted by Gasteiger charge is 2.36. The number of nitrogens with zero attached hydrogens (tertiary/aromatic N) is 2. The van der Waals surface area contributed by atoms with E-state index >= 15 is 0 Å². The number of aliphatic hydroxyl groups is 1.